The van der Waals surface area contributed by atoms with Crippen LogP contribution in [0.4, 0.5) is 17.1 Å². The number of rotatable bonds is 7. The van der Waals surface area contributed by atoms with E-state index in [1.165, 1.54) is 49.7 Å². The second kappa shape index (κ2) is 14.1. The number of hydrogen-bond acceptors (Lipinski definition) is 2. The zero-order valence-corrected chi connectivity index (χ0v) is 33.4. The van der Waals surface area contributed by atoms with E-state index in [2.05, 4.69) is 241 Å². The van der Waals surface area contributed by atoms with E-state index in [1.807, 2.05) is 0 Å². The van der Waals surface area contributed by atoms with Crippen LogP contribution in [0, 0.1) is 0 Å². The van der Waals surface area contributed by atoms with Gasteiger partial charge in [0.05, 0.1) is 16.8 Å². The molecule has 0 unspecified atom stereocenters. The number of benzene rings is 10. The van der Waals surface area contributed by atoms with Gasteiger partial charge in [-0.15, -0.1) is 0 Å². The first-order valence-corrected chi connectivity index (χ1v) is 21.0. The normalized spacial score (nSPS) is 12.7. The molecule has 1 aliphatic rings. The first-order valence-electron chi connectivity index (χ1n) is 21.0. The van der Waals surface area contributed by atoms with Gasteiger partial charge in [0.1, 0.15) is 5.58 Å². The lowest BCUT2D eigenvalue weighted by Gasteiger charge is -2.35. The van der Waals surface area contributed by atoms with Gasteiger partial charge in [0, 0.05) is 22.0 Å². The van der Waals surface area contributed by atoms with Crippen LogP contribution in [0.1, 0.15) is 22.3 Å². The lowest BCUT2D eigenvalue weighted by Crippen LogP contribution is -2.28. The quantitative estimate of drug-likeness (QED) is 0.160. The molecule has 0 radical (unpaired) electrons. The molecule has 12 rings (SSSR count). The van der Waals surface area contributed by atoms with Crippen molar-refractivity contribution in [2.24, 2.45) is 0 Å². The topological polar surface area (TPSA) is 16.4 Å². The van der Waals surface area contributed by atoms with Crippen molar-refractivity contribution in [3.8, 4) is 33.4 Å². The number of hydrogen-bond donors (Lipinski definition) is 0. The fourth-order valence-electron chi connectivity index (χ4n) is 10.1. The predicted molar refractivity (Wildman–Crippen MR) is 254 cm³/mol. The Labute approximate surface area is 355 Å². The third-order valence-electron chi connectivity index (χ3n) is 12.7. The lowest BCUT2D eigenvalue weighted by molar-refractivity contribution is 0.669. The van der Waals surface area contributed by atoms with Gasteiger partial charge in [-0.3, -0.25) is 0 Å². The number of fused-ring (bicyclic) bond motifs is 8. The minimum absolute atomic E-state index is 0.578. The molecule has 1 aliphatic carbocycles. The molecule has 1 aromatic heterocycles. The summed E-state index contributed by atoms with van der Waals surface area (Å²) < 4.78 is 7.04. The fraction of sp³-hybridized carbons (Fsp3) is 0.0169. The zero-order chi connectivity index (χ0) is 40.3. The Kier molecular flexibility index (Phi) is 8.11. The van der Waals surface area contributed by atoms with Crippen molar-refractivity contribution in [2.75, 3.05) is 4.90 Å². The number of furan rings is 1. The molecule has 0 bridgehead atoms. The molecule has 0 spiro atoms. The van der Waals surface area contributed by atoms with Crippen molar-refractivity contribution in [3.63, 3.8) is 0 Å². The molecule has 0 aliphatic heterocycles. The van der Waals surface area contributed by atoms with E-state index in [9.17, 15) is 0 Å². The van der Waals surface area contributed by atoms with E-state index in [1.54, 1.807) is 0 Å². The molecule has 1 heterocycles. The molecule has 61 heavy (non-hydrogen) atoms. The van der Waals surface area contributed by atoms with Crippen molar-refractivity contribution >= 4 is 49.8 Å². The third-order valence-corrected chi connectivity index (χ3v) is 12.7. The average molecular weight is 778 g/mol. The third kappa shape index (κ3) is 5.43. The molecule has 10 aromatic carbocycles. The molecule has 0 saturated heterocycles. The average Bonchev–Trinajstić information content (AvgIpc) is 3.87. The van der Waals surface area contributed by atoms with Crippen molar-refractivity contribution in [2.45, 2.75) is 5.41 Å². The Morgan fingerprint density at radius 1 is 0.361 bits per heavy atom. The highest BCUT2D eigenvalue weighted by Gasteiger charge is 2.47. The minimum Gasteiger partial charge on any atom is -0.454 e. The van der Waals surface area contributed by atoms with Crippen LogP contribution in [-0.4, -0.2) is 0 Å². The van der Waals surface area contributed by atoms with E-state index in [-0.39, 0.29) is 0 Å². The van der Waals surface area contributed by atoms with Crippen molar-refractivity contribution in [1.82, 2.24) is 0 Å². The maximum Gasteiger partial charge on any atom is 0.159 e. The number of nitrogens with zero attached hydrogens (tertiary/aromatic N) is 1. The van der Waals surface area contributed by atoms with Gasteiger partial charge in [0.2, 0.25) is 0 Å². The Hall–Kier alpha value is -7.94. The molecule has 286 valence electrons. The maximum absolute atomic E-state index is 7.04. The summed E-state index contributed by atoms with van der Waals surface area (Å²) in [6.07, 6.45) is 0. The smallest absolute Gasteiger partial charge is 0.159 e. The van der Waals surface area contributed by atoms with Crippen LogP contribution in [0.15, 0.2) is 241 Å². The van der Waals surface area contributed by atoms with Crippen molar-refractivity contribution < 1.29 is 4.42 Å². The van der Waals surface area contributed by atoms with Gasteiger partial charge in [-0.25, -0.2) is 0 Å². The molecule has 2 nitrogen and oxygen atoms in total. The molecule has 0 N–H and O–H groups in total. The standard InChI is InChI=1S/C59H39NO/c1-5-18-40(19-6-1)41-32-35-46(36-33-41)60(54-31-17-29-49-57-47-27-14-13-22-43(47)34-37-56(57)61-58(49)54)55-39-53-51(38-50(55)42-20-7-2-8-21-42)48-28-15-16-30-52(48)59(53,44-23-9-3-10-24-44)45-25-11-4-12-26-45/h1-39H. The van der Waals surface area contributed by atoms with Crippen LogP contribution in [-0.2, 0) is 5.41 Å². The minimum atomic E-state index is -0.578. The van der Waals surface area contributed by atoms with Gasteiger partial charge in [-0.05, 0) is 97.2 Å². The van der Waals surface area contributed by atoms with Gasteiger partial charge in [0.15, 0.2) is 5.58 Å². The predicted octanol–water partition coefficient (Wildman–Crippen LogP) is 15.9. The molecule has 0 fully saturated rings. The molecular weight excluding hydrogens is 739 g/mol. The van der Waals surface area contributed by atoms with Crippen molar-refractivity contribution in [1.29, 1.82) is 0 Å². The van der Waals surface area contributed by atoms with Gasteiger partial charge in [-0.1, -0.05) is 200 Å². The van der Waals surface area contributed by atoms with Gasteiger partial charge in [0.25, 0.3) is 0 Å². The lowest BCUT2D eigenvalue weighted by atomic mass is 9.67. The first-order chi connectivity index (χ1) is 30.3. The van der Waals surface area contributed by atoms with Gasteiger partial charge in [-0.2, -0.15) is 0 Å². The largest absolute Gasteiger partial charge is 0.454 e. The van der Waals surface area contributed by atoms with Crippen molar-refractivity contribution in [3.05, 3.63) is 259 Å². The van der Waals surface area contributed by atoms with E-state index < -0.39 is 5.41 Å². The SMILES string of the molecule is c1ccc(-c2ccc(N(c3cc4c(cc3-c3ccccc3)-c3ccccc3C4(c3ccccc3)c3ccccc3)c3cccc4c3oc3ccc5ccccc5c34)cc2)cc1. The van der Waals surface area contributed by atoms with Gasteiger partial charge >= 0.3 is 0 Å². The van der Waals surface area contributed by atoms with Crippen LogP contribution >= 0.6 is 0 Å². The van der Waals surface area contributed by atoms with E-state index in [0.29, 0.717) is 0 Å². The molecule has 2 heteroatoms. The molecular formula is C59H39NO. The summed E-state index contributed by atoms with van der Waals surface area (Å²) in [7, 11) is 0. The highest BCUT2D eigenvalue weighted by Crippen LogP contribution is 2.59. The van der Waals surface area contributed by atoms with Crippen LogP contribution in [0.25, 0.3) is 66.1 Å². The molecule has 0 saturated carbocycles. The Morgan fingerprint density at radius 3 is 1.67 bits per heavy atom. The van der Waals surface area contributed by atoms with Crippen LogP contribution < -0.4 is 4.90 Å². The Morgan fingerprint density at radius 2 is 0.951 bits per heavy atom. The highest BCUT2D eigenvalue weighted by atomic mass is 16.3. The van der Waals surface area contributed by atoms with Crippen LogP contribution in [0.3, 0.4) is 0 Å². The van der Waals surface area contributed by atoms with Crippen LogP contribution in [0.5, 0.6) is 0 Å². The van der Waals surface area contributed by atoms with Crippen LogP contribution in [0.2, 0.25) is 0 Å². The van der Waals surface area contributed by atoms with E-state index >= 15 is 0 Å². The summed E-state index contributed by atoms with van der Waals surface area (Å²) in [5.41, 5.74) is 16.3. The van der Waals surface area contributed by atoms with E-state index in [0.717, 1.165) is 55.7 Å². The summed E-state index contributed by atoms with van der Waals surface area (Å²) in [6.45, 7) is 0. The Bertz CT molecular complexity index is 3350. The maximum atomic E-state index is 7.04. The molecule has 0 atom stereocenters. The summed E-state index contributed by atoms with van der Waals surface area (Å²) in [5, 5.41) is 4.60. The highest BCUT2D eigenvalue weighted by molar-refractivity contribution is 6.21. The van der Waals surface area contributed by atoms with Gasteiger partial charge < -0.3 is 9.32 Å². The molecule has 0 amide bonds. The summed E-state index contributed by atoms with van der Waals surface area (Å²) in [4.78, 5) is 2.44. The second-order valence-corrected chi connectivity index (χ2v) is 16.0. The molecule has 11 aromatic rings. The Balaban J connectivity index is 1.21. The second-order valence-electron chi connectivity index (χ2n) is 16.0. The number of anilines is 3. The monoisotopic (exact) mass is 777 g/mol. The first kappa shape index (κ1) is 35.0. The number of para-hydroxylation sites is 1. The summed E-state index contributed by atoms with van der Waals surface area (Å²) in [6, 6.07) is 86.0. The van der Waals surface area contributed by atoms with E-state index in [4.69, 9.17) is 4.42 Å². The summed E-state index contributed by atoms with van der Waals surface area (Å²) in [5.74, 6) is 0. The summed E-state index contributed by atoms with van der Waals surface area (Å²) >= 11 is 0. The fourth-order valence-corrected chi connectivity index (χ4v) is 10.1. The zero-order valence-electron chi connectivity index (χ0n) is 33.4.